The highest BCUT2D eigenvalue weighted by Gasteiger charge is 2.67. The fourth-order valence-electron chi connectivity index (χ4n) is 5.78. The summed E-state index contributed by atoms with van der Waals surface area (Å²) in [5.74, 6) is -1.25. The zero-order valence-corrected chi connectivity index (χ0v) is 18.6. The summed E-state index contributed by atoms with van der Waals surface area (Å²) in [7, 11) is 0. The average molecular weight is 468 g/mol. The molecule has 8 heteroatoms. The number of hydrazine groups is 1. The van der Waals surface area contributed by atoms with Gasteiger partial charge in [0.25, 0.3) is 0 Å². The predicted molar refractivity (Wildman–Crippen MR) is 126 cm³/mol. The first kappa shape index (κ1) is 21.4. The molecule has 0 saturated carbocycles. The van der Waals surface area contributed by atoms with E-state index in [1.807, 2.05) is 54.6 Å². The third kappa shape index (κ3) is 2.99. The number of ether oxygens (including phenoxy) is 1. The van der Waals surface area contributed by atoms with Gasteiger partial charge in [-0.2, -0.15) is 5.26 Å². The monoisotopic (exact) mass is 467 g/mol. The standard InChI is InChI=1S/C27H22FN5O2/c28-18-10-6-7-16(13-18)15-33-21-12-5-4-11-19(21)27(26(33)34)20(14-29)24(30)35-25-22(27)23(31-32-25)17-8-2-1-3-9-17/h1-13,22-23,25,31-32H,15,30H2. The molecular weight excluding hydrogens is 445 g/mol. The van der Waals surface area contributed by atoms with Crippen molar-refractivity contribution in [3.63, 3.8) is 0 Å². The summed E-state index contributed by atoms with van der Waals surface area (Å²) in [5, 5.41) is 10.3. The Balaban J connectivity index is 1.57. The number of carbonyl (C=O) groups is 1. The van der Waals surface area contributed by atoms with Gasteiger partial charge in [0.15, 0.2) is 6.23 Å². The molecular formula is C27H22FN5O2. The molecule has 1 saturated heterocycles. The van der Waals surface area contributed by atoms with Crippen molar-refractivity contribution >= 4 is 11.6 Å². The molecule has 3 aliphatic heterocycles. The van der Waals surface area contributed by atoms with E-state index in [-0.39, 0.29) is 35.8 Å². The van der Waals surface area contributed by atoms with Crippen molar-refractivity contribution in [1.29, 1.82) is 5.26 Å². The quantitative estimate of drug-likeness (QED) is 0.547. The topological polar surface area (TPSA) is 103 Å². The van der Waals surface area contributed by atoms with Crippen LogP contribution in [0, 0.1) is 23.1 Å². The van der Waals surface area contributed by atoms with E-state index in [4.69, 9.17) is 10.5 Å². The second-order valence-corrected chi connectivity index (χ2v) is 8.94. The number of nitriles is 1. The molecule has 1 fully saturated rings. The van der Waals surface area contributed by atoms with Gasteiger partial charge in [0.2, 0.25) is 11.8 Å². The number of nitrogens with one attached hydrogen (secondary N) is 2. The Morgan fingerprint density at radius 3 is 2.60 bits per heavy atom. The normalized spacial score (nSPS) is 26.9. The maximum absolute atomic E-state index is 14.5. The summed E-state index contributed by atoms with van der Waals surface area (Å²) >= 11 is 0. The molecule has 4 unspecified atom stereocenters. The maximum atomic E-state index is 14.5. The second kappa shape index (κ2) is 7.94. The smallest absolute Gasteiger partial charge is 0.244 e. The number of hydrogen-bond donors (Lipinski definition) is 3. The Kier molecular flexibility index (Phi) is 4.85. The summed E-state index contributed by atoms with van der Waals surface area (Å²) in [5.41, 5.74) is 14.3. The molecule has 0 radical (unpaired) electrons. The van der Waals surface area contributed by atoms with Crippen molar-refractivity contribution < 1.29 is 13.9 Å². The zero-order valence-electron chi connectivity index (χ0n) is 18.6. The van der Waals surface area contributed by atoms with Crippen LogP contribution in [-0.4, -0.2) is 12.1 Å². The van der Waals surface area contributed by atoms with Gasteiger partial charge in [-0.15, -0.1) is 0 Å². The van der Waals surface area contributed by atoms with Crippen LogP contribution in [0.5, 0.6) is 0 Å². The number of fused-ring (bicyclic) bond motifs is 4. The highest BCUT2D eigenvalue weighted by atomic mass is 19.1. The van der Waals surface area contributed by atoms with Crippen molar-refractivity contribution in [2.24, 2.45) is 11.7 Å². The van der Waals surface area contributed by atoms with Crippen LogP contribution >= 0.6 is 0 Å². The van der Waals surface area contributed by atoms with Crippen LogP contribution in [0.3, 0.4) is 0 Å². The molecule has 35 heavy (non-hydrogen) atoms. The van der Waals surface area contributed by atoms with Crippen LogP contribution in [0.15, 0.2) is 90.3 Å². The Hall–Kier alpha value is -4.19. The number of rotatable bonds is 3. The lowest BCUT2D eigenvalue weighted by atomic mass is 9.62. The van der Waals surface area contributed by atoms with E-state index in [2.05, 4.69) is 16.9 Å². The molecule has 0 aromatic heterocycles. The largest absolute Gasteiger partial charge is 0.458 e. The number of halogens is 1. The third-order valence-corrected chi connectivity index (χ3v) is 7.16. The van der Waals surface area contributed by atoms with Crippen LogP contribution in [0.25, 0.3) is 0 Å². The van der Waals surface area contributed by atoms with Gasteiger partial charge in [0, 0.05) is 5.69 Å². The van der Waals surface area contributed by atoms with Crippen LogP contribution < -0.4 is 21.5 Å². The highest BCUT2D eigenvalue weighted by Crippen LogP contribution is 2.58. The number of para-hydroxylation sites is 1. The molecule has 3 aliphatic rings. The molecule has 0 bridgehead atoms. The van der Waals surface area contributed by atoms with Crippen molar-refractivity contribution in [3.8, 4) is 6.07 Å². The van der Waals surface area contributed by atoms with Crippen molar-refractivity contribution in [2.75, 3.05) is 4.90 Å². The molecule has 3 aromatic carbocycles. The summed E-state index contributed by atoms with van der Waals surface area (Å²) in [6.07, 6.45) is -0.650. The van der Waals surface area contributed by atoms with Gasteiger partial charge in [-0.05, 0) is 34.9 Å². The minimum Gasteiger partial charge on any atom is -0.458 e. The van der Waals surface area contributed by atoms with Crippen molar-refractivity contribution in [3.05, 3.63) is 113 Å². The first-order valence-corrected chi connectivity index (χ1v) is 11.3. The molecule has 3 heterocycles. The number of nitrogens with zero attached hydrogens (tertiary/aromatic N) is 2. The Labute approximate surface area is 201 Å². The Morgan fingerprint density at radius 1 is 1.06 bits per heavy atom. The average Bonchev–Trinajstić information content (AvgIpc) is 3.39. The highest BCUT2D eigenvalue weighted by molar-refractivity contribution is 6.11. The SMILES string of the molecule is N#CC1=C(N)OC2NNC(c3ccccc3)C2C12C(=O)N(Cc1cccc(F)c1)c1ccccc12. The van der Waals surface area contributed by atoms with E-state index in [0.717, 1.165) is 5.56 Å². The molecule has 6 rings (SSSR count). The van der Waals surface area contributed by atoms with Crippen molar-refractivity contribution in [2.45, 2.75) is 24.2 Å². The van der Waals surface area contributed by atoms with E-state index in [0.29, 0.717) is 16.8 Å². The van der Waals surface area contributed by atoms with Gasteiger partial charge >= 0.3 is 0 Å². The van der Waals surface area contributed by atoms with E-state index in [1.54, 1.807) is 17.0 Å². The van der Waals surface area contributed by atoms with E-state index in [1.165, 1.54) is 12.1 Å². The fourth-order valence-corrected chi connectivity index (χ4v) is 5.78. The Bertz CT molecular complexity index is 1400. The lowest BCUT2D eigenvalue weighted by Crippen LogP contribution is -2.56. The van der Waals surface area contributed by atoms with Crippen LogP contribution in [0.2, 0.25) is 0 Å². The molecule has 3 aromatic rings. The summed E-state index contributed by atoms with van der Waals surface area (Å²) in [4.78, 5) is 16.2. The van der Waals surface area contributed by atoms with Gasteiger partial charge in [0.1, 0.15) is 22.9 Å². The van der Waals surface area contributed by atoms with Gasteiger partial charge < -0.3 is 15.4 Å². The fraction of sp³-hybridized carbons (Fsp3) is 0.185. The van der Waals surface area contributed by atoms with Crippen LogP contribution in [0.1, 0.15) is 22.7 Å². The second-order valence-electron chi connectivity index (χ2n) is 8.94. The Morgan fingerprint density at radius 2 is 1.83 bits per heavy atom. The number of nitrogens with two attached hydrogens (primary N) is 1. The maximum Gasteiger partial charge on any atom is 0.244 e. The number of amides is 1. The first-order chi connectivity index (χ1) is 17.1. The molecule has 1 amide bonds. The molecule has 174 valence electrons. The lowest BCUT2D eigenvalue weighted by Gasteiger charge is -2.42. The summed E-state index contributed by atoms with van der Waals surface area (Å²) < 4.78 is 19.9. The summed E-state index contributed by atoms with van der Waals surface area (Å²) in [6.45, 7) is 0.156. The van der Waals surface area contributed by atoms with Gasteiger partial charge in [0.05, 0.1) is 18.5 Å². The molecule has 0 aliphatic carbocycles. The molecule has 4 atom stereocenters. The zero-order chi connectivity index (χ0) is 24.2. The number of carbonyl (C=O) groups excluding carboxylic acids is 1. The molecule has 4 N–H and O–H groups in total. The van der Waals surface area contributed by atoms with Gasteiger partial charge in [-0.1, -0.05) is 60.7 Å². The van der Waals surface area contributed by atoms with E-state index >= 15 is 0 Å². The van der Waals surface area contributed by atoms with Crippen LogP contribution in [-0.2, 0) is 21.5 Å². The van der Waals surface area contributed by atoms with Crippen molar-refractivity contribution in [1.82, 2.24) is 10.9 Å². The lowest BCUT2D eigenvalue weighted by molar-refractivity contribution is -0.127. The minimum atomic E-state index is -1.39. The number of hydrogen-bond acceptors (Lipinski definition) is 6. The number of anilines is 1. The predicted octanol–water partition coefficient (Wildman–Crippen LogP) is 3.13. The third-order valence-electron chi connectivity index (χ3n) is 7.16. The number of benzene rings is 3. The van der Waals surface area contributed by atoms with Gasteiger partial charge in [-0.25, -0.2) is 15.2 Å². The van der Waals surface area contributed by atoms with E-state index in [9.17, 15) is 14.4 Å². The summed E-state index contributed by atoms with van der Waals surface area (Å²) in [6, 6.07) is 25.2. The minimum absolute atomic E-state index is 0.0764. The van der Waals surface area contributed by atoms with Gasteiger partial charge in [-0.3, -0.25) is 4.79 Å². The molecule has 1 spiro atoms. The van der Waals surface area contributed by atoms with Crippen LogP contribution in [0.4, 0.5) is 10.1 Å². The molecule has 7 nitrogen and oxygen atoms in total. The van der Waals surface area contributed by atoms with E-state index < -0.39 is 17.6 Å². The first-order valence-electron chi connectivity index (χ1n) is 11.3.